The number of rotatable bonds is 1. The van der Waals surface area contributed by atoms with E-state index in [1.807, 2.05) is 29.2 Å². The lowest BCUT2D eigenvalue weighted by atomic mass is 10.2. The van der Waals surface area contributed by atoms with Crippen molar-refractivity contribution in [1.29, 1.82) is 5.41 Å². The molecule has 0 radical (unpaired) electrons. The normalized spacial score (nSPS) is 15.2. The van der Waals surface area contributed by atoms with E-state index in [1.165, 1.54) is 5.69 Å². The van der Waals surface area contributed by atoms with Crippen molar-refractivity contribution in [2.75, 3.05) is 31.1 Å². The van der Waals surface area contributed by atoms with Gasteiger partial charge in [0.05, 0.1) is 0 Å². The van der Waals surface area contributed by atoms with Gasteiger partial charge in [-0.1, -0.05) is 11.6 Å². The van der Waals surface area contributed by atoms with Crippen LogP contribution in [-0.4, -0.2) is 54.6 Å². The Kier molecular flexibility index (Phi) is 6.21. The lowest BCUT2D eigenvalue weighted by Gasteiger charge is -2.36. The Morgan fingerprint density at radius 3 is 1.95 bits per heavy atom. The van der Waals surface area contributed by atoms with Gasteiger partial charge in [0.2, 0.25) is 0 Å². The van der Waals surface area contributed by atoms with E-state index in [0.29, 0.717) is 0 Å². The van der Waals surface area contributed by atoms with Gasteiger partial charge in [-0.25, -0.2) is 0 Å². The predicted octanol–water partition coefficient (Wildman–Crippen LogP) is 0.703. The molecule has 21 heavy (non-hydrogen) atoms. The maximum atomic E-state index is 8.74. The molecule has 0 atom stereocenters. The molecule has 1 aromatic carbocycles. The topological polar surface area (TPSA) is 131 Å². The van der Waals surface area contributed by atoms with E-state index in [-0.39, 0.29) is 5.96 Å². The zero-order valence-electron chi connectivity index (χ0n) is 11.1. The summed E-state index contributed by atoms with van der Waals surface area (Å²) >= 11 is 5.84. The summed E-state index contributed by atoms with van der Waals surface area (Å²) in [5, 5.41) is 8.11. The van der Waals surface area contributed by atoms with Crippen LogP contribution in [0, 0.1) is 5.41 Å². The first-order chi connectivity index (χ1) is 9.66. The number of nitrogens with zero attached hydrogens (tertiary/aromatic N) is 2. The molecule has 118 valence electrons. The molecule has 1 heterocycles. The molecule has 5 N–H and O–H groups in total. The Morgan fingerprint density at radius 2 is 1.57 bits per heavy atom. The van der Waals surface area contributed by atoms with E-state index < -0.39 is 10.4 Å². The molecular weight excluding hydrogens is 320 g/mol. The Morgan fingerprint density at radius 1 is 1.14 bits per heavy atom. The first-order valence-electron chi connectivity index (χ1n) is 5.96. The van der Waals surface area contributed by atoms with E-state index >= 15 is 0 Å². The molecule has 1 aliphatic rings. The lowest BCUT2D eigenvalue weighted by molar-refractivity contribution is 0.380. The molecule has 0 spiro atoms. The summed E-state index contributed by atoms with van der Waals surface area (Å²) in [6.45, 7) is 3.39. The van der Waals surface area contributed by atoms with Gasteiger partial charge < -0.3 is 15.5 Å². The fourth-order valence-corrected chi connectivity index (χ4v) is 1.98. The van der Waals surface area contributed by atoms with Gasteiger partial charge in [0.1, 0.15) is 0 Å². The molecular formula is C11H17ClN4O4S. The van der Waals surface area contributed by atoms with Crippen LogP contribution in [0.15, 0.2) is 24.3 Å². The van der Waals surface area contributed by atoms with Crippen LogP contribution in [0.4, 0.5) is 5.69 Å². The minimum atomic E-state index is -4.67. The molecule has 10 heteroatoms. The third-order valence-corrected chi connectivity index (χ3v) is 3.06. The summed E-state index contributed by atoms with van der Waals surface area (Å²) < 4.78 is 31.6. The highest BCUT2D eigenvalue weighted by Crippen LogP contribution is 2.19. The van der Waals surface area contributed by atoms with E-state index in [4.69, 9.17) is 40.3 Å². The van der Waals surface area contributed by atoms with Crippen LogP contribution in [0.1, 0.15) is 0 Å². The van der Waals surface area contributed by atoms with E-state index in [1.54, 1.807) is 0 Å². The largest absolute Gasteiger partial charge is 0.394 e. The van der Waals surface area contributed by atoms with Crippen LogP contribution in [-0.2, 0) is 10.4 Å². The molecule has 1 aliphatic heterocycles. The lowest BCUT2D eigenvalue weighted by Crippen LogP contribution is -2.50. The highest BCUT2D eigenvalue weighted by molar-refractivity contribution is 7.79. The van der Waals surface area contributed by atoms with Crippen molar-refractivity contribution in [2.45, 2.75) is 0 Å². The predicted molar refractivity (Wildman–Crippen MR) is 81.3 cm³/mol. The quantitative estimate of drug-likeness (QED) is 0.337. The number of hydrogen-bond acceptors (Lipinski definition) is 4. The maximum absolute atomic E-state index is 8.74. The van der Waals surface area contributed by atoms with E-state index in [9.17, 15) is 0 Å². The standard InChI is InChI=1S/C11H15ClN4.H2O4S/c12-9-1-3-10(4-2-9)15-5-7-16(8-6-15)11(13)14;1-5(2,3)4/h1-4H,5-8H2,(H3,13,14);(H2,1,2,3,4). The van der Waals surface area contributed by atoms with Gasteiger partial charge in [-0.3, -0.25) is 14.5 Å². The number of piperazine rings is 1. The van der Waals surface area contributed by atoms with Crippen molar-refractivity contribution >= 4 is 33.6 Å². The van der Waals surface area contributed by atoms with Gasteiger partial charge in [0.25, 0.3) is 0 Å². The smallest absolute Gasteiger partial charge is 0.370 e. The van der Waals surface area contributed by atoms with Gasteiger partial charge in [0.15, 0.2) is 5.96 Å². The van der Waals surface area contributed by atoms with Crippen molar-refractivity contribution in [3.05, 3.63) is 29.3 Å². The summed E-state index contributed by atoms with van der Waals surface area (Å²) in [6, 6.07) is 7.83. The van der Waals surface area contributed by atoms with Crippen LogP contribution in [0.25, 0.3) is 0 Å². The van der Waals surface area contributed by atoms with Crippen molar-refractivity contribution in [3.8, 4) is 0 Å². The first-order valence-corrected chi connectivity index (χ1v) is 7.73. The second kappa shape index (κ2) is 7.46. The summed E-state index contributed by atoms with van der Waals surface area (Å²) in [5.74, 6) is 0.163. The molecule has 0 aromatic heterocycles. The van der Waals surface area contributed by atoms with Crippen molar-refractivity contribution < 1.29 is 17.5 Å². The first kappa shape index (κ1) is 17.5. The second-order valence-electron chi connectivity index (χ2n) is 4.28. The van der Waals surface area contributed by atoms with Crippen molar-refractivity contribution in [1.82, 2.24) is 4.90 Å². The number of nitrogens with two attached hydrogens (primary N) is 1. The summed E-state index contributed by atoms with van der Waals surface area (Å²) in [4.78, 5) is 4.15. The maximum Gasteiger partial charge on any atom is 0.394 e. The molecule has 1 fully saturated rings. The highest BCUT2D eigenvalue weighted by Gasteiger charge is 2.17. The van der Waals surface area contributed by atoms with Gasteiger partial charge in [-0.05, 0) is 24.3 Å². The molecule has 2 rings (SSSR count). The molecule has 0 saturated carbocycles. The Bertz CT molecular complexity index is 562. The third-order valence-electron chi connectivity index (χ3n) is 2.81. The number of halogens is 1. The molecule has 1 aromatic rings. The van der Waals surface area contributed by atoms with Crippen molar-refractivity contribution in [3.63, 3.8) is 0 Å². The average molecular weight is 337 g/mol. The number of anilines is 1. The third kappa shape index (κ3) is 7.14. The van der Waals surface area contributed by atoms with Crippen LogP contribution in [0.5, 0.6) is 0 Å². The van der Waals surface area contributed by atoms with E-state index in [0.717, 1.165) is 31.2 Å². The molecule has 1 saturated heterocycles. The fraction of sp³-hybridized carbons (Fsp3) is 0.364. The van der Waals surface area contributed by atoms with Crippen LogP contribution in [0.3, 0.4) is 0 Å². The zero-order chi connectivity index (χ0) is 16.0. The Labute approximate surface area is 128 Å². The van der Waals surface area contributed by atoms with Crippen LogP contribution >= 0.6 is 11.6 Å². The number of benzene rings is 1. The minimum absolute atomic E-state index is 0.163. The molecule has 0 amide bonds. The second-order valence-corrected chi connectivity index (χ2v) is 5.62. The number of nitrogens with one attached hydrogen (secondary N) is 1. The van der Waals surface area contributed by atoms with Crippen LogP contribution < -0.4 is 10.6 Å². The highest BCUT2D eigenvalue weighted by atomic mass is 35.5. The van der Waals surface area contributed by atoms with Gasteiger partial charge in [-0.15, -0.1) is 0 Å². The zero-order valence-corrected chi connectivity index (χ0v) is 12.7. The summed E-state index contributed by atoms with van der Waals surface area (Å²) in [5.41, 5.74) is 6.62. The van der Waals surface area contributed by atoms with Gasteiger partial charge >= 0.3 is 10.4 Å². The number of hydrogen-bond donors (Lipinski definition) is 4. The summed E-state index contributed by atoms with van der Waals surface area (Å²) in [7, 11) is -4.67. The van der Waals surface area contributed by atoms with Crippen LogP contribution in [0.2, 0.25) is 5.02 Å². The molecule has 0 aliphatic carbocycles. The Hall–Kier alpha value is -1.55. The summed E-state index contributed by atoms with van der Waals surface area (Å²) in [6.07, 6.45) is 0. The Balaban J connectivity index is 0.000000383. The van der Waals surface area contributed by atoms with Gasteiger partial charge in [-0.2, -0.15) is 8.42 Å². The number of guanidine groups is 1. The molecule has 0 unspecified atom stereocenters. The fourth-order valence-electron chi connectivity index (χ4n) is 1.86. The molecule has 0 bridgehead atoms. The minimum Gasteiger partial charge on any atom is -0.370 e. The van der Waals surface area contributed by atoms with Crippen molar-refractivity contribution in [2.24, 2.45) is 5.73 Å². The average Bonchev–Trinajstić information content (AvgIpc) is 2.38. The molecule has 8 nitrogen and oxygen atoms in total. The monoisotopic (exact) mass is 336 g/mol. The SMILES string of the molecule is N=C(N)N1CCN(c2ccc(Cl)cc2)CC1.O=S(=O)(O)O. The van der Waals surface area contributed by atoms with Gasteiger partial charge in [0, 0.05) is 36.9 Å². The van der Waals surface area contributed by atoms with E-state index in [2.05, 4.69) is 4.90 Å².